The summed E-state index contributed by atoms with van der Waals surface area (Å²) in [7, 11) is 0. The zero-order valence-corrected chi connectivity index (χ0v) is 12.6. The lowest BCUT2D eigenvalue weighted by atomic mass is 9.94. The quantitative estimate of drug-likeness (QED) is 0.587. The maximum Gasteiger partial charge on any atom is 0.143 e. The average molecular weight is 282 g/mol. The van der Waals surface area contributed by atoms with Crippen LogP contribution in [0.4, 0.5) is 4.39 Å². The van der Waals surface area contributed by atoms with E-state index >= 15 is 0 Å². The number of Topliss-reactive ketones (excluding diaryl/α,β-unsaturated/α-hetero) is 1. The highest BCUT2D eigenvalue weighted by Crippen LogP contribution is 2.23. The molecule has 0 saturated carbocycles. The molecule has 1 atom stereocenters. The van der Waals surface area contributed by atoms with Gasteiger partial charge in [0.05, 0.1) is 5.75 Å². The van der Waals surface area contributed by atoms with Gasteiger partial charge in [0.2, 0.25) is 0 Å². The van der Waals surface area contributed by atoms with E-state index in [1.165, 1.54) is 30.7 Å². The van der Waals surface area contributed by atoms with Crippen LogP contribution in [0.25, 0.3) is 0 Å². The number of carbonyl (C=O) groups excluding carboxylic acids is 1. The van der Waals surface area contributed by atoms with Crippen LogP contribution in [0, 0.1) is 11.7 Å². The second-order valence-electron chi connectivity index (χ2n) is 4.88. The molecular formula is C16H23FOS. The van der Waals surface area contributed by atoms with E-state index in [2.05, 4.69) is 13.8 Å². The fourth-order valence-corrected chi connectivity index (χ4v) is 2.86. The van der Waals surface area contributed by atoms with Crippen LogP contribution in [-0.4, -0.2) is 11.5 Å². The Balaban J connectivity index is 2.36. The molecule has 0 aliphatic heterocycles. The molecule has 0 N–H and O–H groups in total. The van der Waals surface area contributed by atoms with Crippen LogP contribution in [0.2, 0.25) is 0 Å². The maximum atomic E-state index is 13.4. The van der Waals surface area contributed by atoms with Gasteiger partial charge in [-0.25, -0.2) is 4.39 Å². The third kappa shape index (κ3) is 6.24. The van der Waals surface area contributed by atoms with Gasteiger partial charge >= 0.3 is 0 Å². The Kier molecular flexibility index (Phi) is 7.80. The molecule has 0 aliphatic rings. The van der Waals surface area contributed by atoms with Gasteiger partial charge < -0.3 is 0 Å². The molecule has 0 bridgehead atoms. The zero-order chi connectivity index (χ0) is 14.1. The van der Waals surface area contributed by atoms with Crippen LogP contribution >= 0.6 is 11.8 Å². The second-order valence-corrected chi connectivity index (χ2v) is 5.90. The Morgan fingerprint density at radius 3 is 2.68 bits per heavy atom. The number of unbranched alkanes of at least 4 members (excludes halogenated alkanes) is 1. The number of hydrogen-bond donors (Lipinski definition) is 0. The molecular weight excluding hydrogens is 259 g/mol. The van der Waals surface area contributed by atoms with Crippen LogP contribution in [0.5, 0.6) is 0 Å². The molecule has 1 unspecified atom stereocenters. The fraction of sp³-hybridized carbons (Fsp3) is 0.562. The van der Waals surface area contributed by atoms with Gasteiger partial charge in [0.15, 0.2) is 0 Å². The zero-order valence-electron chi connectivity index (χ0n) is 11.8. The molecule has 0 saturated heterocycles. The first-order valence-electron chi connectivity index (χ1n) is 7.06. The monoisotopic (exact) mass is 282 g/mol. The molecule has 0 aromatic heterocycles. The van der Waals surface area contributed by atoms with Crippen molar-refractivity contribution in [3.63, 3.8) is 0 Å². The van der Waals surface area contributed by atoms with Crippen LogP contribution in [0.15, 0.2) is 29.2 Å². The molecule has 1 aromatic carbocycles. The van der Waals surface area contributed by atoms with Gasteiger partial charge in [-0.3, -0.25) is 4.79 Å². The third-order valence-corrected chi connectivity index (χ3v) is 4.39. The summed E-state index contributed by atoms with van der Waals surface area (Å²) < 4.78 is 13.4. The standard InChI is InChI=1S/C16H23FOS/c1-3-5-8-13(4-2)11-14(18)12-19-16-10-7-6-9-15(16)17/h6-7,9-10,13H,3-5,8,11-12H2,1-2H3. The van der Waals surface area contributed by atoms with Crippen molar-refractivity contribution < 1.29 is 9.18 Å². The fourth-order valence-electron chi connectivity index (χ4n) is 2.04. The SMILES string of the molecule is CCCCC(CC)CC(=O)CSc1ccccc1F. The first-order valence-corrected chi connectivity index (χ1v) is 8.04. The van der Waals surface area contributed by atoms with Gasteiger partial charge in [0.25, 0.3) is 0 Å². The molecule has 0 radical (unpaired) electrons. The molecule has 0 aliphatic carbocycles. The van der Waals surface area contributed by atoms with Gasteiger partial charge in [0, 0.05) is 11.3 Å². The van der Waals surface area contributed by atoms with E-state index in [0.29, 0.717) is 23.0 Å². The Morgan fingerprint density at radius 1 is 1.32 bits per heavy atom. The van der Waals surface area contributed by atoms with Crippen LogP contribution in [-0.2, 0) is 4.79 Å². The largest absolute Gasteiger partial charge is 0.299 e. The highest BCUT2D eigenvalue weighted by atomic mass is 32.2. The molecule has 1 aromatic rings. The van der Waals surface area contributed by atoms with Gasteiger partial charge in [-0.1, -0.05) is 51.7 Å². The van der Waals surface area contributed by atoms with E-state index in [0.717, 1.165) is 12.8 Å². The van der Waals surface area contributed by atoms with Gasteiger partial charge in [-0.05, 0) is 18.1 Å². The Labute approximate surface area is 120 Å². The molecule has 0 heterocycles. The number of carbonyl (C=O) groups is 1. The number of thioether (sulfide) groups is 1. The van der Waals surface area contributed by atoms with E-state index in [-0.39, 0.29) is 11.6 Å². The summed E-state index contributed by atoms with van der Waals surface area (Å²) in [6.07, 6.45) is 5.18. The topological polar surface area (TPSA) is 17.1 Å². The van der Waals surface area contributed by atoms with Crippen LogP contribution < -0.4 is 0 Å². The van der Waals surface area contributed by atoms with Crippen molar-refractivity contribution in [2.45, 2.75) is 50.8 Å². The Hall–Kier alpha value is -0.830. The summed E-state index contributed by atoms with van der Waals surface area (Å²) in [5.74, 6) is 0.868. The summed E-state index contributed by atoms with van der Waals surface area (Å²) in [6, 6.07) is 6.62. The van der Waals surface area contributed by atoms with E-state index in [1.807, 2.05) is 0 Å². The number of hydrogen-bond acceptors (Lipinski definition) is 2. The normalized spacial score (nSPS) is 12.4. The van der Waals surface area contributed by atoms with Crippen LogP contribution in [0.1, 0.15) is 46.0 Å². The van der Waals surface area contributed by atoms with Crippen molar-refractivity contribution in [1.82, 2.24) is 0 Å². The second kappa shape index (κ2) is 9.13. The lowest BCUT2D eigenvalue weighted by molar-refractivity contribution is -0.117. The predicted molar refractivity (Wildman–Crippen MR) is 80.1 cm³/mol. The minimum absolute atomic E-state index is 0.233. The molecule has 0 fully saturated rings. The van der Waals surface area contributed by atoms with Crippen molar-refractivity contribution in [3.8, 4) is 0 Å². The van der Waals surface area contributed by atoms with Gasteiger partial charge in [0.1, 0.15) is 11.6 Å². The van der Waals surface area contributed by atoms with Gasteiger partial charge in [-0.2, -0.15) is 0 Å². The lowest BCUT2D eigenvalue weighted by Crippen LogP contribution is -2.10. The average Bonchev–Trinajstić information content (AvgIpc) is 2.42. The van der Waals surface area contributed by atoms with E-state index in [1.54, 1.807) is 18.2 Å². The lowest BCUT2D eigenvalue weighted by Gasteiger charge is -2.13. The first kappa shape index (κ1) is 16.2. The smallest absolute Gasteiger partial charge is 0.143 e. The van der Waals surface area contributed by atoms with Crippen LogP contribution in [0.3, 0.4) is 0 Å². The Bertz CT molecular complexity index is 392. The predicted octanol–water partition coefficient (Wildman–Crippen LogP) is 5.09. The van der Waals surface area contributed by atoms with Crippen molar-refractivity contribution in [3.05, 3.63) is 30.1 Å². The molecule has 19 heavy (non-hydrogen) atoms. The summed E-state index contributed by atoms with van der Waals surface area (Å²) in [5, 5.41) is 0. The number of rotatable bonds is 9. The highest BCUT2D eigenvalue weighted by Gasteiger charge is 2.12. The number of ketones is 1. The maximum absolute atomic E-state index is 13.4. The number of halogens is 1. The van der Waals surface area contributed by atoms with Crippen molar-refractivity contribution in [1.29, 1.82) is 0 Å². The molecule has 1 rings (SSSR count). The minimum Gasteiger partial charge on any atom is -0.299 e. The molecule has 0 amide bonds. The van der Waals surface area contributed by atoms with E-state index in [9.17, 15) is 9.18 Å². The summed E-state index contributed by atoms with van der Waals surface area (Å²) in [5.41, 5.74) is 0. The number of benzene rings is 1. The molecule has 0 spiro atoms. The molecule has 3 heteroatoms. The third-order valence-electron chi connectivity index (χ3n) is 3.28. The summed E-state index contributed by atoms with van der Waals surface area (Å²) >= 11 is 1.31. The van der Waals surface area contributed by atoms with Crippen molar-refractivity contribution in [2.24, 2.45) is 5.92 Å². The molecule has 1 nitrogen and oxygen atoms in total. The van der Waals surface area contributed by atoms with Gasteiger partial charge in [-0.15, -0.1) is 11.8 Å². The summed E-state index contributed by atoms with van der Waals surface area (Å²) in [4.78, 5) is 12.5. The molecule has 106 valence electrons. The highest BCUT2D eigenvalue weighted by molar-refractivity contribution is 8.00. The minimum atomic E-state index is -0.238. The van der Waals surface area contributed by atoms with Crippen molar-refractivity contribution >= 4 is 17.5 Å². The van der Waals surface area contributed by atoms with Crippen molar-refractivity contribution in [2.75, 3.05) is 5.75 Å². The van der Waals surface area contributed by atoms with E-state index in [4.69, 9.17) is 0 Å². The van der Waals surface area contributed by atoms with E-state index < -0.39 is 0 Å². The summed E-state index contributed by atoms with van der Waals surface area (Å²) in [6.45, 7) is 4.31. The first-order chi connectivity index (χ1) is 9.17. The Morgan fingerprint density at radius 2 is 2.05 bits per heavy atom.